The van der Waals surface area contributed by atoms with Crippen LogP contribution in [0, 0.1) is 13.8 Å². The second-order valence-corrected chi connectivity index (χ2v) is 7.36. The Morgan fingerprint density at radius 3 is 2.69 bits per heavy atom. The Balaban J connectivity index is 1.49. The lowest BCUT2D eigenvalue weighted by atomic mass is 10.0. The minimum Gasteiger partial charge on any atom is -0.361 e. The van der Waals surface area contributed by atoms with E-state index in [4.69, 9.17) is 4.52 Å². The van der Waals surface area contributed by atoms with E-state index in [1.165, 1.54) is 31.4 Å². The number of hydrogen-bond acceptors (Lipinski definition) is 4. The zero-order valence-corrected chi connectivity index (χ0v) is 16.0. The molecule has 1 saturated heterocycles. The van der Waals surface area contributed by atoms with Gasteiger partial charge in [0.15, 0.2) is 0 Å². The molecular formula is C21H29N3O2. The van der Waals surface area contributed by atoms with Crippen LogP contribution in [0.4, 0.5) is 5.69 Å². The number of aromatic nitrogens is 1. The lowest BCUT2D eigenvalue weighted by Crippen LogP contribution is -2.36. The molecule has 0 radical (unpaired) electrons. The highest BCUT2D eigenvalue weighted by molar-refractivity contribution is 5.90. The predicted molar refractivity (Wildman–Crippen MR) is 103 cm³/mol. The van der Waals surface area contributed by atoms with Crippen LogP contribution in [0.25, 0.3) is 0 Å². The number of hydrogen-bond donors (Lipinski definition) is 1. The maximum atomic E-state index is 12.2. The average Bonchev–Trinajstić information content (AvgIpc) is 2.95. The van der Waals surface area contributed by atoms with Crippen LogP contribution in [0.5, 0.6) is 0 Å². The smallest absolute Gasteiger partial charge is 0.224 e. The quantitative estimate of drug-likeness (QED) is 0.842. The Morgan fingerprint density at radius 2 is 2.04 bits per heavy atom. The van der Waals surface area contributed by atoms with Crippen molar-refractivity contribution in [3.05, 3.63) is 46.8 Å². The summed E-state index contributed by atoms with van der Waals surface area (Å²) in [6.07, 6.45) is 5.01. The van der Waals surface area contributed by atoms with Gasteiger partial charge in [-0.1, -0.05) is 23.7 Å². The molecule has 0 spiro atoms. The summed E-state index contributed by atoms with van der Waals surface area (Å²) in [6.45, 7) is 8.27. The molecule has 1 aromatic heterocycles. The van der Waals surface area contributed by atoms with Gasteiger partial charge >= 0.3 is 0 Å². The van der Waals surface area contributed by atoms with E-state index in [-0.39, 0.29) is 5.91 Å². The van der Waals surface area contributed by atoms with Gasteiger partial charge < -0.3 is 9.84 Å². The standard InChI is InChI=1S/C21H29N3O2/c1-15-6-4-5-13-24(15)14-18-7-9-19(10-8-18)22-21(25)12-11-20-16(2)23-26-17(20)3/h7-10,15H,4-6,11-14H2,1-3H3,(H,22,25)/t15-/m0/s1. The molecule has 1 amide bonds. The third-order valence-corrected chi connectivity index (χ3v) is 5.35. The van der Waals surface area contributed by atoms with Crippen molar-refractivity contribution in [3.63, 3.8) is 0 Å². The average molecular weight is 355 g/mol. The van der Waals surface area contributed by atoms with Crippen molar-refractivity contribution in [2.75, 3.05) is 11.9 Å². The molecule has 0 bridgehead atoms. The lowest BCUT2D eigenvalue weighted by Gasteiger charge is -2.33. The fraction of sp³-hybridized carbons (Fsp3) is 0.524. The maximum absolute atomic E-state index is 12.2. The lowest BCUT2D eigenvalue weighted by molar-refractivity contribution is -0.116. The van der Waals surface area contributed by atoms with Gasteiger partial charge in [-0.2, -0.15) is 0 Å². The van der Waals surface area contributed by atoms with E-state index in [1.54, 1.807) is 0 Å². The summed E-state index contributed by atoms with van der Waals surface area (Å²) in [6, 6.07) is 8.89. The van der Waals surface area contributed by atoms with Crippen molar-refractivity contribution in [2.45, 2.75) is 65.5 Å². The van der Waals surface area contributed by atoms with Crippen LogP contribution in [0.1, 0.15) is 55.2 Å². The molecule has 1 fully saturated rings. The summed E-state index contributed by atoms with van der Waals surface area (Å²) < 4.78 is 5.14. The Hall–Kier alpha value is -2.14. The van der Waals surface area contributed by atoms with Crippen LogP contribution < -0.4 is 5.32 Å². The minimum absolute atomic E-state index is 0.0161. The number of carbonyl (C=O) groups is 1. The van der Waals surface area contributed by atoms with Crippen molar-refractivity contribution in [3.8, 4) is 0 Å². The molecule has 5 nitrogen and oxygen atoms in total. The van der Waals surface area contributed by atoms with Gasteiger partial charge in [0.1, 0.15) is 5.76 Å². The van der Waals surface area contributed by atoms with Gasteiger partial charge in [-0.3, -0.25) is 9.69 Å². The number of amides is 1. The molecule has 1 aromatic carbocycles. The first-order valence-electron chi connectivity index (χ1n) is 9.57. The highest BCUT2D eigenvalue weighted by Gasteiger charge is 2.18. The molecule has 0 saturated carbocycles. The molecule has 5 heteroatoms. The number of nitrogens with zero attached hydrogens (tertiary/aromatic N) is 2. The summed E-state index contributed by atoms with van der Waals surface area (Å²) in [7, 11) is 0. The van der Waals surface area contributed by atoms with Crippen molar-refractivity contribution in [2.24, 2.45) is 0 Å². The van der Waals surface area contributed by atoms with Crippen LogP contribution in [0.15, 0.2) is 28.8 Å². The molecule has 0 aliphatic carbocycles. The molecule has 1 aliphatic rings. The van der Waals surface area contributed by atoms with Crippen LogP contribution in [0.3, 0.4) is 0 Å². The summed E-state index contributed by atoms with van der Waals surface area (Å²) in [5, 5.41) is 6.91. The van der Waals surface area contributed by atoms with Crippen molar-refractivity contribution in [1.82, 2.24) is 10.1 Å². The first-order chi connectivity index (χ1) is 12.5. The van der Waals surface area contributed by atoms with E-state index in [1.807, 2.05) is 26.0 Å². The highest BCUT2D eigenvalue weighted by Crippen LogP contribution is 2.20. The van der Waals surface area contributed by atoms with E-state index in [9.17, 15) is 4.79 Å². The third-order valence-electron chi connectivity index (χ3n) is 5.35. The van der Waals surface area contributed by atoms with E-state index >= 15 is 0 Å². The minimum atomic E-state index is 0.0161. The summed E-state index contributed by atoms with van der Waals surface area (Å²) in [5.74, 6) is 0.814. The first kappa shape index (κ1) is 18.6. The number of carbonyl (C=O) groups excluding carboxylic acids is 1. The van der Waals surface area contributed by atoms with Crippen molar-refractivity contribution in [1.29, 1.82) is 0 Å². The second-order valence-electron chi connectivity index (χ2n) is 7.36. The van der Waals surface area contributed by atoms with Gasteiger partial charge in [-0.15, -0.1) is 0 Å². The molecule has 2 aromatic rings. The normalized spacial score (nSPS) is 18.0. The summed E-state index contributed by atoms with van der Waals surface area (Å²) >= 11 is 0. The zero-order valence-electron chi connectivity index (χ0n) is 16.0. The molecule has 2 heterocycles. The molecule has 140 valence electrons. The van der Waals surface area contributed by atoms with Crippen molar-refractivity contribution < 1.29 is 9.32 Å². The second kappa shape index (κ2) is 8.49. The van der Waals surface area contributed by atoms with E-state index in [0.717, 1.165) is 29.2 Å². The largest absolute Gasteiger partial charge is 0.361 e. The molecule has 26 heavy (non-hydrogen) atoms. The van der Waals surface area contributed by atoms with Gasteiger partial charge in [0, 0.05) is 30.3 Å². The number of rotatable bonds is 6. The van der Waals surface area contributed by atoms with Gasteiger partial charge in [-0.05, 0) is 64.3 Å². The van der Waals surface area contributed by atoms with Crippen molar-refractivity contribution >= 4 is 11.6 Å². The fourth-order valence-electron chi connectivity index (χ4n) is 3.64. The predicted octanol–water partition coefficient (Wildman–Crippen LogP) is 4.24. The monoisotopic (exact) mass is 355 g/mol. The summed E-state index contributed by atoms with van der Waals surface area (Å²) in [5.41, 5.74) is 4.05. The summed E-state index contributed by atoms with van der Waals surface area (Å²) in [4.78, 5) is 14.7. The third kappa shape index (κ3) is 4.73. The van der Waals surface area contributed by atoms with Crippen LogP contribution in [-0.4, -0.2) is 28.6 Å². The number of benzene rings is 1. The topological polar surface area (TPSA) is 58.4 Å². The van der Waals surface area contributed by atoms with Crippen LogP contribution in [0.2, 0.25) is 0 Å². The zero-order chi connectivity index (χ0) is 18.5. The van der Waals surface area contributed by atoms with E-state index in [2.05, 4.69) is 34.4 Å². The van der Waals surface area contributed by atoms with Gasteiger partial charge in [0.25, 0.3) is 0 Å². The van der Waals surface area contributed by atoms with Gasteiger partial charge in [0.05, 0.1) is 5.69 Å². The fourth-order valence-corrected chi connectivity index (χ4v) is 3.64. The number of likely N-dealkylation sites (tertiary alicyclic amines) is 1. The van der Waals surface area contributed by atoms with Crippen LogP contribution in [-0.2, 0) is 17.8 Å². The SMILES string of the molecule is Cc1noc(C)c1CCC(=O)Nc1ccc(CN2CCCC[C@@H]2C)cc1. The molecule has 0 unspecified atom stereocenters. The molecule has 3 rings (SSSR count). The number of anilines is 1. The Bertz CT molecular complexity index is 717. The number of nitrogens with one attached hydrogen (secondary N) is 1. The molecule has 1 N–H and O–H groups in total. The maximum Gasteiger partial charge on any atom is 0.224 e. The highest BCUT2D eigenvalue weighted by atomic mass is 16.5. The molecule has 1 aliphatic heterocycles. The first-order valence-corrected chi connectivity index (χ1v) is 9.57. The molecule has 1 atom stereocenters. The Kier molecular flexibility index (Phi) is 6.09. The van der Waals surface area contributed by atoms with E-state index < -0.39 is 0 Å². The number of aryl methyl sites for hydroxylation is 2. The van der Waals surface area contributed by atoms with E-state index in [0.29, 0.717) is 18.9 Å². The number of piperidine rings is 1. The van der Waals surface area contributed by atoms with Gasteiger partial charge in [-0.25, -0.2) is 0 Å². The Labute approximate surface area is 155 Å². The van der Waals surface area contributed by atoms with Gasteiger partial charge in [0.2, 0.25) is 5.91 Å². The Morgan fingerprint density at radius 1 is 1.27 bits per heavy atom. The van der Waals surface area contributed by atoms with Crippen LogP contribution >= 0.6 is 0 Å². The molecular weight excluding hydrogens is 326 g/mol.